The Hall–Kier alpha value is -2.12. The summed E-state index contributed by atoms with van der Waals surface area (Å²) in [6.07, 6.45) is 0. The number of carbonyl (C=O) groups is 1. The molecular weight excluding hydrogens is 333 g/mol. The second-order valence-corrected chi connectivity index (χ2v) is 6.30. The van der Waals surface area contributed by atoms with Crippen molar-refractivity contribution in [1.29, 1.82) is 0 Å². The van der Waals surface area contributed by atoms with Crippen LogP contribution in [-0.2, 0) is 14.8 Å². The molecule has 5 nitrogen and oxygen atoms in total. The van der Waals surface area contributed by atoms with E-state index in [2.05, 4.69) is 9.46 Å². The van der Waals surface area contributed by atoms with Crippen molar-refractivity contribution in [2.24, 2.45) is 0 Å². The summed E-state index contributed by atoms with van der Waals surface area (Å²) >= 11 is 5.72. The minimum Gasteiger partial charge on any atom is -0.465 e. The first kappa shape index (κ1) is 16.3. The highest BCUT2D eigenvalue weighted by Gasteiger charge is 2.23. The smallest absolute Gasteiger partial charge is 0.339 e. The van der Waals surface area contributed by atoms with E-state index in [0.29, 0.717) is 0 Å². The monoisotopic (exact) mass is 343 g/mol. The summed E-state index contributed by atoms with van der Waals surface area (Å²) in [7, 11) is -3.05. The maximum atomic E-state index is 13.7. The van der Waals surface area contributed by atoms with Gasteiger partial charge in [-0.2, -0.15) is 0 Å². The van der Waals surface area contributed by atoms with Crippen molar-refractivity contribution >= 4 is 33.3 Å². The molecule has 116 valence electrons. The molecule has 0 amide bonds. The SMILES string of the molecule is COC(=O)c1ccccc1S(=O)(=O)Nc1cc(Cl)ccc1F. The second kappa shape index (κ2) is 6.33. The predicted molar refractivity (Wildman–Crippen MR) is 80.0 cm³/mol. The molecular formula is C14H11ClFNO4S. The summed E-state index contributed by atoms with van der Waals surface area (Å²) in [4.78, 5) is 11.3. The highest BCUT2D eigenvalue weighted by Crippen LogP contribution is 2.24. The Bertz CT molecular complexity index is 823. The van der Waals surface area contributed by atoms with Crippen LogP contribution in [0.2, 0.25) is 5.02 Å². The standard InChI is InChI=1S/C14H11ClFNO4S/c1-21-14(18)10-4-2-3-5-13(10)22(19,20)17-12-8-9(15)6-7-11(12)16/h2-8,17H,1H3. The minimum atomic E-state index is -4.19. The van der Waals surface area contributed by atoms with Gasteiger partial charge in [-0.05, 0) is 30.3 Å². The van der Waals surface area contributed by atoms with Gasteiger partial charge in [-0.15, -0.1) is 0 Å². The number of methoxy groups -OCH3 is 1. The number of rotatable bonds is 4. The molecule has 0 aliphatic heterocycles. The lowest BCUT2D eigenvalue weighted by Gasteiger charge is -2.12. The van der Waals surface area contributed by atoms with Crippen LogP contribution in [0, 0.1) is 5.82 Å². The van der Waals surface area contributed by atoms with Gasteiger partial charge in [0.25, 0.3) is 10.0 Å². The molecule has 0 saturated heterocycles. The van der Waals surface area contributed by atoms with E-state index in [1.165, 1.54) is 30.3 Å². The molecule has 22 heavy (non-hydrogen) atoms. The van der Waals surface area contributed by atoms with Crippen molar-refractivity contribution in [1.82, 2.24) is 0 Å². The lowest BCUT2D eigenvalue weighted by atomic mass is 10.2. The fraction of sp³-hybridized carbons (Fsp3) is 0.0714. The van der Waals surface area contributed by atoms with Crippen LogP contribution >= 0.6 is 11.6 Å². The topological polar surface area (TPSA) is 72.5 Å². The molecule has 2 aromatic rings. The van der Waals surface area contributed by atoms with Crippen molar-refractivity contribution < 1.29 is 22.3 Å². The summed E-state index contributed by atoms with van der Waals surface area (Å²) in [5.74, 6) is -1.60. The molecule has 0 bridgehead atoms. The summed E-state index contributed by atoms with van der Waals surface area (Å²) in [5.41, 5.74) is -0.466. The van der Waals surface area contributed by atoms with E-state index in [1.54, 1.807) is 0 Å². The number of nitrogens with one attached hydrogen (secondary N) is 1. The van der Waals surface area contributed by atoms with E-state index >= 15 is 0 Å². The number of ether oxygens (including phenoxy) is 1. The Morgan fingerprint density at radius 1 is 1.23 bits per heavy atom. The number of halogens is 2. The van der Waals surface area contributed by atoms with Crippen LogP contribution < -0.4 is 4.72 Å². The van der Waals surface area contributed by atoms with Crippen LogP contribution in [0.15, 0.2) is 47.4 Å². The fourth-order valence-corrected chi connectivity index (χ4v) is 3.18. The molecule has 0 radical (unpaired) electrons. The lowest BCUT2D eigenvalue weighted by Crippen LogP contribution is -2.18. The van der Waals surface area contributed by atoms with E-state index in [4.69, 9.17) is 11.6 Å². The summed E-state index contributed by atoms with van der Waals surface area (Å²) in [6.45, 7) is 0. The third-order valence-electron chi connectivity index (χ3n) is 2.75. The Morgan fingerprint density at radius 3 is 2.59 bits per heavy atom. The van der Waals surface area contributed by atoms with Gasteiger partial charge in [0.15, 0.2) is 0 Å². The first-order valence-electron chi connectivity index (χ1n) is 6.00. The van der Waals surface area contributed by atoms with Crippen LogP contribution in [-0.4, -0.2) is 21.5 Å². The molecule has 0 aromatic heterocycles. The van der Waals surface area contributed by atoms with E-state index in [0.717, 1.165) is 19.2 Å². The average Bonchev–Trinajstić information content (AvgIpc) is 2.50. The van der Waals surface area contributed by atoms with Crippen LogP contribution in [0.5, 0.6) is 0 Å². The molecule has 2 rings (SSSR count). The molecule has 0 unspecified atom stereocenters. The maximum Gasteiger partial charge on any atom is 0.339 e. The zero-order valence-corrected chi connectivity index (χ0v) is 12.9. The molecule has 0 aliphatic rings. The van der Waals surface area contributed by atoms with Crippen molar-refractivity contribution in [3.05, 3.63) is 58.9 Å². The number of carbonyl (C=O) groups excluding carboxylic acids is 1. The fourth-order valence-electron chi connectivity index (χ4n) is 1.76. The average molecular weight is 344 g/mol. The number of hydrogen-bond donors (Lipinski definition) is 1. The molecule has 0 heterocycles. The largest absolute Gasteiger partial charge is 0.465 e. The second-order valence-electron chi connectivity index (χ2n) is 4.22. The number of sulfonamides is 1. The van der Waals surface area contributed by atoms with Gasteiger partial charge in [-0.3, -0.25) is 4.72 Å². The summed E-state index contributed by atoms with van der Waals surface area (Å²) in [6, 6.07) is 8.91. The quantitative estimate of drug-likeness (QED) is 0.866. The van der Waals surface area contributed by atoms with Gasteiger partial charge in [0.1, 0.15) is 10.7 Å². The van der Waals surface area contributed by atoms with Gasteiger partial charge in [-0.1, -0.05) is 23.7 Å². The number of hydrogen-bond acceptors (Lipinski definition) is 4. The predicted octanol–water partition coefficient (Wildman–Crippen LogP) is 3.07. The van der Waals surface area contributed by atoms with Crippen LogP contribution in [0.25, 0.3) is 0 Å². The first-order valence-corrected chi connectivity index (χ1v) is 7.86. The molecule has 2 aromatic carbocycles. The van der Waals surface area contributed by atoms with Crippen molar-refractivity contribution in [2.75, 3.05) is 11.8 Å². The van der Waals surface area contributed by atoms with Crippen molar-refractivity contribution in [2.45, 2.75) is 4.90 Å². The molecule has 0 spiro atoms. The summed E-state index contributed by atoms with van der Waals surface area (Å²) < 4.78 is 45.0. The minimum absolute atomic E-state index is 0.153. The van der Waals surface area contributed by atoms with Gasteiger partial charge in [0, 0.05) is 5.02 Å². The zero-order chi connectivity index (χ0) is 16.3. The van der Waals surface area contributed by atoms with Crippen molar-refractivity contribution in [3.8, 4) is 0 Å². The zero-order valence-electron chi connectivity index (χ0n) is 11.3. The molecule has 0 saturated carbocycles. The van der Waals surface area contributed by atoms with Crippen LogP contribution in [0.1, 0.15) is 10.4 Å². The van der Waals surface area contributed by atoms with E-state index in [9.17, 15) is 17.6 Å². The Labute approximate surface area is 131 Å². The first-order chi connectivity index (χ1) is 10.3. The Balaban J connectivity index is 2.48. The lowest BCUT2D eigenvalue weighted by molar-refractivity contribution is 0.0596. The Morgan fingerprint density at radius 2 is 1.91 bits per heavy atom. The molecule has 0 fully saturated rings. The highest BCUT2D eigenvalue weighted by molar-refractivity contribution is 7.92. The van der Waals surface area contributed by atoms with Crippen LogP contribution in [0.4, 0.5) is 10.1 Å². The summed E-state index contributed by atoms with van der Waals surface area (Å²) in [5, 5.41) is 0.167. The van der Waals surface area contributed by atoms with Gasteiger partial charge < -0.3 is 4.74 Å². The van der Waals surface area contributed by atoms with E-state index < -0.39 is 21.8 Å². The Kier molecular flexibility index (Phi) is 4.68. The number of anilines is 1. The van der Waals surface area contributed by atoms with Crippen molar-refractivity contribution in [3.63, 3.8) is 0 Å². The van der Waals surface area contributed by atoms with Gasteiger partial charge in [0.05, 0.1) is 18.4 Å². The third-order valence-corrected chi connectivity index (χ3v) is 4.41. The number of benzene rings is 2. The molecule has 1 N–H and O–H groups in total. The van der Waals surface area contributed by atoms with Gasteiger partial charge >= 0.3 is 5.97 Å². The normalized spacial score (nSPS) is 11.0. The van der Waals surface area contributed by atoms with E-state index in [-0.39, 0.29) is 21.2 Å². The van der Waals surface area contributed by atoms with Crippen LogP contribution in [0.3, 0.4) is 0 Å². The van der Waals surface area contributed by atoms with Gasteiger partial charge in [-0.25, -0.2) is 17.6 Å². The highest BCUT2D eigenvalue weighted by atomic mass is 35.5. The molecule has 0 atom stereocenters. The molecule has 8 heteroatoms. The maximum absolute atomic E-state index is 13.7. The number of esters is 1. The third kappa shape index (κ3) is 3.37. The molecule has 0 aliphatic carbocycles. The van der Waals surface area contributed by atoms with E-state index in [1.807, 2.05) is 0 Å². The van der Waals surface area contributed by atoms with Gasteiger partial charge in [0.2, 0.25) is 0 Å².